The van der Waals surface area contributed by atoms with Crippen LogP contribution in [-0.4, -0.2) is 18.4 Å². The molecule has 0 amide bonds. The molecule has 0 saturated heterocycles. The SMILES string of the molecule is C=NC(=NC(=N)C1=CCCC=C1)c1cccc(N2C(=C/C)/C(=C\C(=C)C)C=Cc3ccccc32)c1. The number of benzene rings is 2. The maximum absolute atomic E-state index is 8.46. The first-order valence-electron chi connectivity index (χ1n) is 11.7. The van der Waals surface area contributed by atoms with Crippen LogP contribution in [-0.2, 0) is 0 Å². The molecule has 174 valence electrons. The molecule has 0 saturated carbocycles. The highest BCUT2D eigenvalue weighted by Gasteiger charge is 2.22. The fraction of sp³-hybridized carbons (Fsp3) is 0.129. The number of fused-ring (bicyclic) bond motifs is 1. The Morgan fingerprint density at radius 1 is 1.06 bits per heavy atom. The molecule has 35 heavy (non-hydrogen) atoms. The topological polar surface area (TPSA) is 51.8 Å². The van der Waals surface area contributed by atoms with Crippen LogP contribution in [0.15, 0.2) is 124 Å². The summed E-state index contributed by atoms with van der Waals surface area (Å²) in [6, 6.07) is 16.4. The highest BCUT2D eigenvalue weighted by molar-refractivity contribution is 6.12. The zero-order valence-corrected chi connectivity index (χ0v) is 20.3. The third-order valence-electron chi connectivity index (χ3n) is 5.83. The number of rotatable bonds is 4. The lowest BCUT2D eigenvalue weighted by Gasteiger charge is -2.29. The third-order valence-corrected chi connectivity index (χ3v) is 5.83. The normalized spacial score (nSPS) is 17.7. The number of aliphatic imine (C=N–C) groups is 2. The minimum Gasteiger partial charge on any atom is -0.310 e. The molecule has 1 aliphatic carbocycles. The molecule has 0 aromatic heterocycles. The van der Waals surface area contributed by atoms with E-state index in [1.165, 1.54) is 0 Å². The molecule has 1 N–H and O–H groups in total. The van der Waals surface area contributed by atoms with E-state index in [0.717, 1.165) is 57.8 Å². The molecule has 0 atom stereocenters. The second kappa shape index (κ2) is 10.7. The van der Waals surface area contributed by atoms with Gasteiger partial charge in [0, 0.05) is 22.5 Å². The Balaban J connectivity index is 1.82. The number of allylic oxidation sites excluding steroid dienone is 6. The molecule has 4 rings (SSSR count). The molecule has 0 radical (unpaired) electrons. The lowest BCUT2D eigenvalue weighted by Crippen LogP contribution is -2.18. The average molecular weight is 459 g/mol. The lowest BCUT2D eigenvalue weighted by atomic mass is 10.1. The number of hydrogen-bond donors (Lipinski definition) is 1. The monoisotopic (exact) mass is 458 g/mol. The van der Waals surface area contributed by atoms with E-state index in [1.807, 2.05) is 44.2 Å². The summed E-state index contributed by atoms with van der Waals surface area (Å²) in [5.41, 5.74) is 7.91. The van der Waals surface area contributed by atoms with E-state index in [4.69, 9.17) is 5.41 Å². The molecule has 0 spiro atoms. The zero-order chi connectivity index (χ0) is 24.8. The van der Waals surface area contributed by atoms with E-state index in [2.05, 4.69) is 88.9 Å². The van der Waals surface area contributed by atoms with Crippen molar-refractivity contribution in [1.29, 1.82) is 5.41 Å². The summed E-state index contributed by atoms with van der Waals surface area (Å²) < 4.78 is 0. The van der Waals surface area contributed by atoms with Gasteiger partial charge in [-0.25, -0.2) is 9.98 Å². The van der Waals surface area contributed by atoms with Crippen molar-refractivity contribution >= 4 is 35.8 Å². The van der Waals surface area contributed by atoms with Gasteiger partial charge in [-0.1, -0.05) is 85.0 Å². The Morgan fingerprint density at radius 2 is 1.89 bits per heavy atom. The first kappa shape index (κ1) is 23.8. The number of amidine groups is 2. The van der Waals surface area contributed by atoms with Crippen LogP contribution < -0.4 is 4.90 Å². The van der Waals surface area contributed by atoms with E-state index in [0.29, 0.717) is 5.84 Å². The Hall–Kier alpha value is -4.31. The van der Waals surface area contributed by atoms with Gasteiger partial charge in [0.05, 0.1) is 5.69 Å². The highest BCUT2D eigenvalue weighted by Crippen LogP contribution is 2.39. The van der Waals surface area contributed by atoms with Crippen molar-refractivity contribution < 1.29 is 0 Å². The van der Waals surface area contributed by atoms with E-state index in [-0.39, 0.29) is 5.84 Å². The first-order chi connectivity index (χ1) is 17.0. The zero-order valence-electron chi connectivity index (χ0n) is 20.3. The van der Waals surface area contributed by atoms with Crippen molar-refractivity contribution in [3.63, 3.8) is 0 Å². The largest absolute Gasteiger partial charge is 0.310 e. The predicted octanol–water partition coefficient (Wildman–Crippen LogP) is 7.96. The van der Waals surface area contributed by atoms with Crippen LogP contribution in [0.1, 0.15) is 37.8 Å². The van der Waals surface area contributed by atoms with E-state index < -0.39 is 0 Å². The Labute approximate surface area is 208 Å². The number of anilines is 2. The molecule has 4 heteroatoms. The van der Waals surface area contributed by atoms with Crippen molar-refractivity contribution in [2.75, 3.05) is 4.90 Å². The van der Waals surface area contributed by atoms with Crippen LogP contribution in [0.5, 0.6) is 0 Å². The van der Waals surface area contributed by atoms with Gasteiger partial charge in [0.2, 0.25) is 0 Å². The van der Waals surface area contributed by atoms with Crippen LogP contribution in [0.3, 0.4) is 0 Å². The summed E-state index contributed by atoms with van der Waals surface area (Å²) in [6.07, 6.45) is 16.5. The first-order valence-corrected chi connectivity index (χ1v) is 11.7. The van der Waals surface area contributed by atoms with E-state index in [1.54, 1.807) is 0 Å². The molecule has 1 aliphatic heterocycles. The summed E-state index contributed by atoms with van der Waals surface area (Å²) in [5.74, 6) is 0.622. The quantitative estimate of drug-likeness (QED) is 0.367. The van der Waals surface area contributed by atoms with Gasteiger partial charge in [0.1, 0.15) is 0 Å². The van der Waals surface area contributed by atoms with Gasteiger partial charge in [0.25, 0.3) is 0 Å². The smallest absolute Gasteiger partial charge is 0.161 e. The molecular formula is C31H30N4. The molecule has 0 unspecified atom stereocenters. The fourth-order valence-electron chi connectivity index (χ4n) is 4.25. The molecule has 4 nitrogen and oxygen atoms in total. The van der Waals surface area contributed by atoms with Gasteiger partial charge in [-0.2, -0.15) is 0 Å². The summed E-state index contributed by atoms with van der Waals surface area (Å²) >= 11 is 0. The van der Waals surface area contributed by atoms with Gasteiger partial charge in [0.15, 0.2) is 11.7 Å². The Morgan fingerprint density at radius 3 is 2.60 bits per heavy atom. The average Bonchev–Trinajstić information content (AvgIpc) is 3.04. The summed E-state index contributed by atoms with van der Waals surface area (Å²) in [5, 5.41) is 8.46. The summed E-state index contributed by atoms with van der Waals surface area (Å²) in [6.45, 7) is 11.9. The second-order valence-corrected chi connectivity index (χ2v) is 8.48. The van der Waals surface area contributed by atoms with Crippen LogP contribution >= 0.6 is 0 Å². The molecule has 0 fully saturated rings. The maximum Gasteiger partial charge on any atom is 0.161 e. The van der Waals surface area contributed by atoms with Gasteiger partial charge < -0.3 is 4.90 Å². The van der Waals surface area contributed by atoms with Gasteiger partial charge >= 0.3 is 0 Å². The molecular weight excluding hydrogens is 428 g/mol. The maximum atomic E-state index is 8.46. The predicted molar refractivity (Wildman–Crippen MR) is 151 cm³/mol. The van der Waals surface area contributed by atoms with Gasteiger partial charge in [-0.15, -0.1) is 0 Å². The lowest BCUT2D eigenvalue weighted by molar-refractivity contribution is 1.03. The van der Waals surface area contributed by atoms with Crippen LogP contribution in [0, 0.1) is 5.41 Å². The van der Waals surface area contributed by atoms with Crippen molar-refractivity contribution in [1.82, 2.24) is 0 Å². The summed E-state index contributed by atoms with van der Waals surface area (Å²) in [4.78, 5) is 10.9. The second-order valence-electron chi connectivity index (χ2n) is 8.48. The third kappa shape index (κ3) is 5.28. The van der Waals surface area contributed by atoms with Crippen molar-refractivity contribution in [3.05, 3.63) is 125 Å². The fourth-order valence-corrected chi connectivity index (χ4v) is 4.25. The summed E-state index contributed by atoms with van der Waals surface area (Å²) in [7, 11) is 0. The van der Waals surface area contributed by atoms with Gasteiger partial charge in [-0.3, -0.25) is 5.41 Å². The molecule has 2 aromatic carbocycles. The van der Waals surface area contributed by atoms with Crippen molar-refractivity contribution in [3.8, 4) is 0 Å². The number of nitrogens with one attached hydrogen (secondary N) is 1. The number of para-hydroxylation sites is 1. The van der Waals surface area contributed by atoms with Crippen LogP contribution in [0.2, 0.25) is 0 Å². The molecule has 0 bridgehead atoms. The Bertz CT molecular complexity index is 1360. The molecule has 2 aliphatic rings. The highest BCUT2D eigenvalue weighted by atomic mass is 15.2. The molecule has 1 heterocycles. The van der Waals surface area contributed by atoms with E-state index >= 15 is 0 Å². The van der Waals surface area contributed by atoms with Crippen LogP contribution in [0.4, 0.5) is 11.4 Å². The number of hydrogen-bond acceptors (Lipinski definition) is 2. The minimum atomic E-state index is 0.193. The Kier molecular flexibility index (Phi) is 7.32. The number of nitrogens with zero attached hydrogens (tertiary/aromatic N) is 3. The van der Waals surface area contributed by atoms with Gasteiger partial charge in [-0.05, 0) is 62.7 Å². The van der Waals surface area contributed by atoms with Crippen molar-refractivity contribution in [2.45, 2.75) is 26.7 Å². The van der Waals surface area contributed by atoms with E-state index in [9.17, 15) is 0 Å². The van der Waals surface area contributed by atoms with Crippen LogP contribution in [0.25, 0.3) is 6.08 Å². The minimum absolute atomic E-state index is 0.193. The standard InChI is InChI=1S/C31H30N4/c1-5-28-25(20-22(2)3)19-18-23-12-9-10-17-29(23)35(28)27-16-11-15-26(21-27)31(33-4)34-30(32)24-13-7-6-8-14-24/h5,7,9-21,32H,2,4,6,8H2,1,3H3/b25-20-,28-5+,32-30?,34-31?. The molecule has 2 aromatic rings. The van der Waals surface area contributed by atoms with Crippen molar-refractivity contribution in [2.24, 2.45) is 9.98 Å².